The molecule has 1 fully saturated rings. The molecule has 2 unspecified atom stereocenters. The van der Waals surface area contributed by atoms with E-state index in [1.54, 1.807) is 20.8 Å². The highest BCUT2D eigenvalue weighted by atomic mass is 16.6. The predicted octanol–water partition coefficient (Wildman–Crippen LogP) is 5.03. The predicted molar refractivity (Wildman–Crippen MR) is 110 cm³/mol. The second-order valence-electron chi connectivity index (χ2n) is 8.22. The van der Waals surface area contributed by atoms with Crippen molar-refractivity contribution < 1.29 is 23.8 Å². The van der Waals surface area contributed by atoms with Crippen molar-refractivity contribution in [3.05, 3.63) is 24.0 Å². The van der Waals surface area contributed by atoms with Crippen molar-refractivity contribution in [2.24, 2.45) is 0 Å². The molecular formula is C22H37NO5. The van der Waals surface area contributed by atoms with Crippen LogP contribution in [0.25, 0.3) is 0 Å². The number of carbonyl (C=O) groups is 2. The number of ether oxygens (including phenoxy) is 3. The smallest absolute Gasteiger partial charge is 0.408 e. The molecule has 0 bridgehead atoms. The molecule has 0 spiro atoms. The van der Waals surface area contributed by atoms with E-state index in [2.05, 4.69) is 12.2 Å². The van der Waals surface area contributed by atoms with Crippen LogP contribution in [0.15, 0.2) is 24.0 Å². The summed E-state index contributed by atoms with van der Waals surface area (Å²) in [6.45, 7) is 11.3. The van der Waals surface area contributed by atoms with Gasteiger partial charge in [-0.1, -0.05) is 25.5 Å². The minimum Gasteiger partial charge on any atom is -0.495 e. The number of nitrogens with one attached hydrogen (secondary N) is 1. The first kappa shape index (κ1) is 24.1. The highest BCUT2D eigenvalue weighted by molar-refractivity contribution is 5.81. The molecule has 0 aliphatic carbocycles. The zero-order valence-corrected chi connectivity index (χ0v) is 18.2. The molecule has 1 aliphatic heterocycles. The number of amides is 1. The third kappa shape index (κ3) is 9.81. The van der Waals surface area contributed by atoms with Crippen molar-refractivity contribution in [1.29, 1.82) is 0 Å². The molecule has 28 heavy (non-hydrogen) atoms. The number of alkyl carbamates (subject to hydrolysis) is 1. The summed E-state index contributed by atoms with van der Waals surface area (Å²) >= 11 is 0. The molecule has 0 saturated carbocycles. The van der Waals surface area contributed by atoms with Crippen LogP contribution in [0.4, 0.5) is 4.79 Å². The van der Waals surface area contributed by atoms with Crippen LogP contribution in [-0.2, 0) is 19.0 Å². The van der Waals surface area contributed by atoms with Crippen LogP contribution in [-0.4, -0.2) is 35.9 Å². The molecule has 1 saturated heterocycles. The van der Waals surface area contributed by atoms with Gasteiger partial charge >= 0.3 is 12.1 Å². The van der Waals surface area contributed by atoms with Gasteiger partial charge < -0.3 is 19.5 Å². The summed E-state index contributed by atoms with van der Waals surface area (Å²) in [5, 5.41) is 2.65. The Hall–Kier alpha value is -1.98. The van der Waals surface area contributed by atoms with Crippen LogP contribution in [0.1, 0.15) is 80.1 Å². The Labute approximate surface area is 169 Å². The highest BCUT2D eigenvalue weighted by Gasteiger charge is 2.28. The van der Waals surface area contributed by atoms with Gasteiger partial charge in [0, 0.05) is 12.8 Å². The van der Waals surface area contributed by atoms with Gasteiger partial charge in [-0.15, -0.1) is 0 Å². The van der Waals surface area contributed by atoms with E-state index in [0.29, 0.717) is 12.8 Å². The fourth-order valence-corrected chi connectivity index (χ4v) is 3.00. The van der Waals surface area contributed by atoms with Gasteiger partial charge in [-0.3, -0.25) is 0 Å². The molecule has 1 amide bonds. The first-order valence-electron chi connectivity index (χ1n) is 10.3. The standard InChI is InChI=1S/C22H37NO5/c1-7-9-12-17(8-2)27-18-13-10-11-14-19(20(24)26-16(3)15-18)23-21(25)28-22(4,5)6/h7,9,12,16,18-19H,8,10-11,13-15H2,1-6H3,(H,23,25)/b9-7-,17-12+/t16?,18?,19-/m0/s1. The normalized spacial score (nSPS) is 25.1. The van der Waals surface area contributed by atoms with Gasteiger partial charge in [0.05, 0.1) is 5.76 Å². The Morgan fingerprint density at radius 1 is 1.29 bits per heavy atom. The van der Waals surface area contributed by atoms with Gasteiger partial charge in [0.1, 0.15) is 23.9 Å². The van der Waals surface area contributed by atoms with Crippen LogP contribution < -0.4 is 5.32 Å². The third-order valence-electron chi connectivity index (χ3n) is 4.30. The minimum atomic E-state index is -0.685. The molecule has 6 heteroatoms. The van der Waals surface area contributed by atoms with Crippen LogP contribution in [0.5, 0.6) is 0 Å². The number of allylic oxidation sites excluding steroid dienone is 4. The van der Waals surface area contributed by atoms with Gasteiger partial charge in [0.2, 0.25) is 0 Å². The maximum absolute atomic E-state index is 12.5. The van der Waals surface area contributed by atoms with Crippen molar-refractivity contribution in [3.63, 3.8) is 0 Å². The lowest BCUT2D eigenvalue weighted by molar-refractivity contribution is -0.152. The average molecular weight is 396 g/mol. The number of rotatable bonds is 5. The second kappa shape index (κ2) is 11.8. The van der Waals surface area contributed by atoms with Crippen LogP contribution in [0.2, 0.25) is 0 Å². The van der Waals surface area contributed by atoms with E-state index >= 15 is 0 Å². The Kier molecular flexibility index (Phi) is 10.1. The minimum absolute atomic E-state index is 0.00891. The van der Waals surface area contributed by atoms with Crippen molar-refractivity contribution in [3.8, 4) is 0 Å². The van der Waals surface area contributed by atoms with E-state index in [9.17, 15) is 9.59 Å². The van der Waals surface area contributed by atoms with E-state index in [1.807, 2.05) is 32.1 Å². The molecule has 0 radical (unpaired) electrons. The van der Waals surface area contributed by atoms with Gasteiger partial charge in [-0.2, -0.15) is 0 Å². The summed E-state index contributed by atoms with van der Waals surface area (Å²) < 4.78 is 17.0. The van der Waals surface area contributed by atoms with Crippen molar-refractivity contribution >= 4 is 12.1 Å². The molecule has 160 valence electrons. The summed E-state index contributed by atoms with van der Waals surface area (Å²) in [7, 11) is 0. The summed E-state index contributed by atoms with van der Waals surface area (Å²) in [5.41, 5.74) is -0.612. The fourth-order valence-electron chi connectivity index (χ4n) is 3.00. The van der Waals surface area contributed by atoms with Gasteiger partial charge in [-0.25, -0.2) is 9.59 Å². The number of carbonyl (C=O) groups excluding carboxylic acids is 2. The maximum atomic E-state index is 12.5. The summed E-state index contributed by atoms with van der Waals surface area (Å²) in [4.78, 5) is 24.5. The Morgan fingerprint density at radius 2 is 1.96 bits per heavy atom. The average Bonchev–Trinajstić information content (AvgIpc) is 2.58. The number of esters is 1. The SMILES string of the molecule is C/C=C\C=C(/CC)OC1CCCC[C@H](NC(=O)OC(C)(C)C)C(=O)OC(C)C1. The number of hydrogen-bond acceptors (Lipinski definition) is 5. The van der Waals surface area contributed by atoms with Crippen molar-refractivity contribution in [2.75, 3.05) is 0 Å². The lowest BCUT2D eigenvalue weighted by atomic mass is 10.0. The van der Waals surface area contributed by atoms with E-state index in [-0.39, 0.29) is 12.2 Å². The maximum Gasteiger partial charge on any atom is 0.408 e. The summed E-state index contributed by atoms with van der Waals surface area (Å²) in [6, 6.07) is -0.685. The zero-order chi connectivity index (χ0) is 21.2. The summed E-state index contributed by atoms with van der Waals surface area (Å²) in [6.07, 6.45) is 9.59. The third-order valence-corrected chi connectivity index (χ3v) is 4.30. The first-order valence-corrected chi connectivity index (χ1v) is 10.3. The van der Waals surface area contributed by atoms with E-state index < -0.39 is 23.7 Å². The molecular weight excluding hydrogens is 358 g/mol. The van der Waals surface area contributed by atoms with E-state index in [0.717, 1.165) is 31.4 Å². The quantitative estimate of drug-likeness (QED) is 0.401. The molecule has 3 atom stereocenters. The van der Waals surface area contributed by atoms with Crippen LogP contribution >= 0.6 is 0 Å². The van der Waals surface area contributed by atoms with Crippen molar-refractivity contribution in [2.45, 2.75) is 104 Å². The molecule has 0 aromatic rings. The monoisotopic (exact) mass is 395 g/mol. The van der Waals surface area contributed by atoms with Crippen molar-refractivity contribution in [1.82, 2.24) is 5.32 Å². The fraction of sp³-hybridized carbons (Fsp3) is 0.727. The highest BCUT2D eigenvalue weighted by Crippen LogP contribution is 2.21. The molecule has 0 aromatic carbocycles. The second-order valence-corrected chi connectivity index (χ2v) is 8.22. The summed E-state index contributed by atoms with van der Waals surface area (Å²) in [5.74, 6) is 0.516. The van der Waals surface area contributed by atoms with Gasteiger partial charge in [-0.05, 0) is 60.0 Å². The van der Waals surface area contributed by atoms with Crippen LogP contribution in [0.3, 0.4) is 0 Å². The molecule has 1 aliphatic rings. The lowest BCUT2D eigenvalue weighted by Gasteiger charge is -2.28. The molecule has 1 rings (SSSR count). The van der Waals surface area contributed by atoms with E-state index in [1.165, 1.54) is 0 Å². The Bertz CT molecular complexity index is 562. The zero-order valence-electron chi connectivity index (χ0n) is 18.2. The largest absolute Gasteiger partial charge is 0.495 e. The molecule has 1 N–H and O–H groups in total. The topological polar surface area (TPSA) is 73.9 Å². The molecule has 6 nitrogen and oxygen atoms in total. The van der Waals surface area contributed by atoms with E-state index in [4.69, 9.17) is 14.2 Å². The van der Waals surface area contributed by atoms with Crippen LogP contribution in [0, 0.1) is 0 Å². The number of hydrogen-bond donors (Lipinski definition) is 1. The Morgan fingerprint density at radius 3 is 2.57 bits per heavy atom. The first-order chi connectivity index (χ1) is 13.1. The Balaban J connectivity index is 2.70. The van der Waals surface area contributed by atoms with Gasteiger partial charge in [0.15, 0.2) is 0 Å². The lowest BCUT2D eigenvalue weighted by Crippen LogP contribution is -2.45. The number of cyclic esters (lactones) is 1. The van der Waals surface area contributed by atoms with Gasteiger partial charge in [0.25, 0.3) is 0 Å². The molecule has 0 aromatic heterocycles. The molecule has 1 heterocycles.